The van der Waals surface area contributed by atoms with Gasteiger partial charge in [0.2, 0.25) is 15.9 Å². The van der Waals surface area contributed by atoms with Gasteiger partial charge in [-0.2, -0.15) is 4.31 Å². The van der Waals surface area contributed by atoms with Crippen LogP contribution in [0.25, 0.3) is 0 Å². The maximum absolute atomic E-state index is 15.0. The number of esters is 1. The molecule has 2 aromatic rings. The molecular weight excluding hydrogens is 684 g/mol. The van der Waals surface area contributed by atoms with E-state index in [4.69, 9.17) is 21.1 Å². The van der Waals surface area contributed by atoms with E-state index in [2.05, 4.69) is 13.8 Å². The number of rotatable bonds is 14. The molecule has 4 aliphatic carbocycles. The highest BCUT2D eigenvalue weighted by molar-refractivity contribution is 7.89. The molecule has 4 atom stereocenters. The lowest BCUT2D eigenvalue weighted by Crippen LogP contribution is -2.55. The number of hydrogen-bond acceptors (Lipinski definition) is 6. The van der Waals surface area contributed by atoms with Gasteiger partial charge in [0, 0.05) is 30.5 Å². The molecule has 4 saturated carbocycles. The third kappa shape index (κ3) is 8.01. The molecule has 0 aliphatic heterocycles. The molecule has 2 bridgehead atoms. The molecule has 0 saturated heterocycles. The standard InChI is InChI=1S/C41H57ClN2O6S/c1-40(2)32-23-24-41(40,29-51(47,48)44(33-15-9-5-10-16-33)34-17-11-6-12-18-34)37(26-32)50-39(46)36(25-30-13-7-4-8-14-30)43(38(45)27-42)28-31-19-21-35(49-3)22-20-31/h4,7-8,13-14,19-22,32-34,36-37H,5-6,9-12,15-18,23-29H2,1-3H3/t32-,36-,37-,41-/m0/s1. The number of benzene rings is 2. The van der Waals surface area contributed by atoms with Crippen LogP contribution in [-0.2, 0) is 37.3 Å². The van der Waals surface area contributed by atoms with Crippen LogP contribution < -0.4 is 4.74 Å². The number of alkyl halides is 1. The van der Waals surface area contributed by atoms with E-state index in [0.29, 0.717) is 18.6 Å². The van der Waals surface area contributed by atoms with Crippen molar-refractivity contribution in [1.29, 1.82) is 0 Å². The molecule has 10 heteroatoms. The topological polar surface area (TPSA) is 93.2 Å². The predicted molar refractivity (Wildman–Crippen MR) is 201 cm³/mol. The minimum Gasteiger partial charge on any atom is -0.497 e. The largest absolute Gasteiger partial charge is 0.497 e. The van der Waals surface area contributed by atoms with Gasteiger partial charge in [-0.3, -0.25) is 4.79 Å². The van der Waals surface area contributed by atoms with E-state index in [1.54, 1.807) is 7.11 Å². The zero-order chi connectivity index (χ0) is 36.2. The highest BCUT2D eigenvalue weighted by atomic mass is 35.5. The molecule has 51 heavy (non-hydrogen) atoms. The number of nitrogens with zero attached hydrogens (tertiary/aromatic N) is 2. The minimum absolute atomic E-state index is 0.00598. The van der Waals surface area contributed by atoms with Crippen molar-refractivity contribution in [3.63, 3.8) is 0 Å². The summed E-state index contributed by atoms with van der Waals surface area (Å²) in [6.45, 7) is 4.54. The van der Waals surface area contributed by atoms with Crippen molar-refractivity contribution in [3.05, 3.63) is 65.7 Å². The van der Waals surface area contributed by atoms with Crippen LogP contribution in [0, 0.1) is 16.7 Å². The molecule has 8 nitrogen and oxygen atoms in total. The number of ether oxygens (including phenoxy) is 2. The highest BCUT2D eigenvalue weighted by Gasteiger charge is 2.67. The summed E-state index contributed by atoms with van der Waals surface area (Å²) in [7, 11) is -2.09. The SMILES string of the molecule is COc1ccc(CN(C(=O)CCl)[C@@H](Cc2ccccc2)C(=O)O[C@H]2C[C@@H]3CC[C@@]2(CS(=O)(=O)N(C2CCCCC2)C2CCCCC2)C3(C)C)cc1. The predicted octanol–water partition coefficient (Wildman–Crippen LogP) is 7.91. The molecule has 1 amide bonds. The fraction of sp³-hybridized carbons (Fsp3) is 0.659. The lowest BCUT2D eigenvalue weighted by atomic mass is 9.69. The molecule has 0 spiro atoms. The van der Waals surface area contributed by atoms with E-state index in [1.165, 1.54) is 4.90 Å². The Morgan fingerprint density at radius 1 is 0.863 bits per heavy atom. The first kappa shape index (κ1) is 38.1. The molecule has 4 aliphatic rings. The quantitative estimate of drug-likeness (QED) is 0.144. The van der Waals surface area contributed by atoms with E-state index in [1.807, 2.05) is 58.9 Å². The molecular formula is C41H57ClN2O6S. The van der Waals surface area contributed by atoms with Gasteiger partial charge in [-0.25, -0.2) is 13.2 Å². The number of fused-ring (bicyclic) bond motifs is 2. The monoisotopic (exact) mass is 740 g/mol. The van der Waals surface area contributed by atoms with Crippen LogP contribution in [0.2, 0.25) is 0 Å². The van der Waals surface area contributed by atoms with E-state index < -0.39 is 33.6 Å². The van der Waals surface area contributed by atoms with Crippen molar-refractivity contribution in [2.45, 2.75) is 135 Å². The van der Waals surface area contributed by atoms with Gasteiger partial charge >= 0.3 is 5.97 Å². The number of methoxy groups -OCH3 is 1. The number of carbonyl (C=O) groups excluding carboxylic acids is 2. The summed E-state index contributed by atoms with van der Waals surface area (Å²) in [6.07, 6.45) is 12.2. The average molecular weight is 741 g/mol. The first-order chi connectivity index (χ1) is 24.5. The molecule has 280 valence electrons. The van der Waals surface area contributed by atoms with Gasteiger partial charge < -0.3 is 14.4 Å². The van der Waals surface area contributed by atoms with Gasteiger partial charge in [0.15, 0.2) is 0 Å². The lowest BCUT2D eigenvalue weighted by Gasteiger charge is -2.46. The van der Waals surface area contributed by atoms with Gasteiger partial charge in [-0.05, 0) is 79.5 Å². The van der Waals surface area contributed by atoms with Crippen molar-refractivity contribution in [2.75, 3.05) is 18.7 Å². The molecule has 0 heterocycles. The third-order valence-electron chi connectivity index (χ3n) is 13.1. The summed E-state index contributed by atoms with van der Waals surface area (Å²) in [5, 5.41) is 0. The van der Waals surface area contributed by atoms with Crippen molar-refractivity contribution < 1.29 is 27.5 Å². The van der Waals surface area contributed by atoms with Crippen molar-refractivity contribution in [2.24, 2.45) is 16.7 Å². The number of halogens is 1. The molecule has 0 radical (unpaired) electrons. The number of carbonyl (C=O) groups is 2. The Balaban J connectivity index is 1.31. The molecule has 2 aromatic carbocycles. The van der Waals surface area contributed by atoms with Crippen LogP contribution in [0.15, 0.2) is 54.6 Å². The third-order valence-corrected chi connectivity index (χ3v) is 15.5. The summed E-state index contributed by atoms with van der Waals surface area (Å²) in [4.78, 5) is 29.7. The molecule has 0 unspecified atom stereocenters. The highest BCUT2D eigenvalue weighted by Crippen LogP contribution is 2.67. The van der Waals surface area contributed by atoms with Crippen molar-refractivity contribution in [3.8, 4) is 5.75 Å². The van der Waals surface area contributed by atoms with Crippen LogP contribution in [0.1, 0.15) is 108 Å². The Hall–Kier alpha value is -2.62. The molecule has 0 N–H and O–H groups in total. The summed E-state index contributed by atoms with van der Waals surface area (Å²) in [6, 6.07) is 16.2. The van der Waals surface area contributed by atoms with Crippen molar-refractivity contribution in [1.82, 2.24) is 9.21 Å². The number of hydrogen-bond donors (Lipinski definition) is 0. The van der Waals surface area contributed by atoms with Crippen LogP contribution in [0.4, 0.5) is 0 Å². The van der Waals surface area contributed by atoms with Crippen molar-refractivity contribution >= 4 is 33.5 Å². The van der Waals surface area contributed by atoms with Gasteiger partial charge in [-0.15, -0.1) is 11.6 Å². The zero-order valence-corrected chi connectivity index (χ0v) is 32.3. The maximum atomic E-state index is 15.0. The smallest absolute Gasteiger partial charge is 0.329 e. The normalized spacial score (nSPS) is 25.8. The molecule has 6 rings (SSSR count). The summed E-state index contributed by atoms with van der Waals surface area (Å²) < 4.78 is 43.8. The van der Waals surface area contributed by atoms with Gasteiger partial charge in [0.25, 0.3) is 0 Å². The first-order valence-electron chi connectivity index (χ1n) is 19.2. The lowest BCUT2D eigenvalue weighted by molar-refractivity contribution is -0.166. The fourth-order valence-corrected chi connectivity index (χ4v) is 13.1. The van der Waals surface area contributed by atoms with E-state index >= 15 is 0 Å². The zero-order valence-electron chi connectivity index (χ0n) is 30.7. The number of amides is 1. The van der Waals surface area contributed by atoms with Crippen LogP contribution in [0.5, 0.6) is 5.75 Å². The van der Waals surface area contributed by atoms with Gasteiger partial charge in [0.05, 0.1) is 12.9 Å². The Morgan fingerprint density at radius 3 is 2.02 bits per heavy atom. The van der Waals surface area contributed by atoms with Gasteiger partial charge in [0.1, 0.15) is 23.8 Å². The minimum atomic E-state index is -3.69. The Morgan fingerprint density at radius 2 is 1.47 bits per heavy atom. The van der Waals surface area contributed by atoms with Gasteiger partial charge in [-0.1, -0.05) is 94.8 Å². The van der Waals surface area contributed by atoms with Crippen LogP contribution in [-0.4, -0.2) is 72.5 Å². The molecule has 0 aromatic heterocycles. The van der Waals surface area contributed by atoms with Crippen LogP contribution >= 0.6 is 11.6 Å². The number of sulfonamides is 1. The Bertz CT molecular complexity index is 1570. The maximum Gasteiger partial charge on any atom is 0.329 e. The summed E-state index contributed by atoms with van der Waals surface area (Å²) in [5.41, 5.74) is 0.666. The second-order valence-corrected chi connectivity index (χ2v) is 18.3. The molecule has 4 fully saturated rings. The van der Waals surface area contributed by atoms with E-state index in [9.17, 15) is 18.0 Å². The first-order valence-corrected chi connectivity index (χ1v) is 21.4. The summed E-state index contributed by atoms with van der Waals surface area (Å²) in [5.74, 6) is -0.227. The Labute approximate surface area is 310 Å². The fourth-order valence-electron chi connectivity index (χ4n) is 10.1. The second-order valence-electron chi connectivity index (χ2n) is 16.2. The van der Waals surface area contributed by atoms with E-state index in [0.717, 1.165) is 81.8 Å². The van der Waals surface area contributed by atoms with Crippen LogP contribution in [0.3, 0.4) is 0 Å². The van der Waals surface area contributed by atoms with E-state index in [-0.39, 0.29) is 53.9 Å². The summed E-state index contributed by atoms with van der Waals surface area (Å²) >= 11 is 6.19. The Kier molecular flexibility index (Phi) is 12.1. The average Bonchev–Trinajstić information content (AvgIpc) is 3.49. The second kappa shape index (κ2) is 16.2.